The van der Waals surface area contributed by atoms with Crippen LogP contribution in [-0.2, 0) is 13.8 Å². The SMILES string of the molecule is O=C(O)c1cccnc1C(=O)OP(=O)(O)C1O[C@H](CO)[C@@H](O)[C@H]1O. The summed E-state index contributed by atoms with van der Waals surface area (Å²) in [5.74, 6) is -5.02. The van der Waals surface area contributed by atoms with Crippen LogP contribution in [-0.4, -0.2) is 73.0 Å². The number of rotatable bonds is 5. The van der Waals surface area contributed by atoms with E-state index in [0.717, 1.165) is 12.3 Å². The first-order valence-corrected chi connectivity index (χ1v) is 8.21. The standard InChI is InChI=1S/C12H14NO10P/c14-4-6-8(15)9(16)12(22-6)24(20,21)23-11(19)7-5(10(17)18)2-1-3-13-7/h1-3,6,8-9,12,14-16H,4H2,(H,17,18)(H,20,21)/t6-,8-,9-,12?/m1/s1. The molecule has 1 aromatic heterocycles. The lowest BCUT2D eigenvalue weighted by molar-refractivity contribution is -0.0115. The number of nitrogens with zero attached hydrogens (tertiary/aromatic N) is 1. The number of aliphatic hydroxyl groups excluding tert-OH is 3. The fourth-order valence-electron chi connectivity index (χ4n) is 2.10. The van der Waals surface area contributed by atoms with Crippen LogP contribution in [0.2, 0.25) is 0 Å². The Balaban J connectivity index is 2.22. The summed E-state index contributed by atoms with van der Waals surface area (Å²) in [5.41, 5.74) is -1.27. The Kier molecular flexibility index (Phi) is 5.33. The van der Waals surface area contributed by atoms with Gasteiger partial charge in [-0.2, -0.15) is 0 Å². The third-order valence-electron chi connectivity index (χ3n) is 3.28. The molecule has 0 spiro atoms. The normalized spacial score (nSPS) is 29.0. The van der Waals surface area contributed by atoms with Crippen molar-refractivity contribution in [2.24, 2.45) is 0 Å². The third kappa shape index (κ3) is 3.46. The lowest BCUT2D eigenvalue weighted by atomic mass is 10.2. The Morgan fingerprint density at radius 1 is 1.33 bits per heavy atom. The van der Waals surface area contributed by atoms with Gasteiger partial charge in [0.25, 0.3) is 0 Å². The van der Waals surface area contributed by atoms with Gasteiger partial charge in [0.05, 0.1) is 12.2 Å². The number of aromatic nitrogens is 1. The molecule has 2 heterocycles. The Morgan fingerprint density at radius 3 is 2.54 bits per heavy atom. The molecule has 24 heavy (non-hydrogen) atoms. The Morgan fingerprint density at radius 2 is 2.00 bits per heavy atom. The number of ether oxygens (including phenoxy) is 1. The Labute approximate surface area is 134 Å². The molecule has 11 nitrogen and oxygen atoms in total. The molecule has 2 unspecified atom stereocenters. The fourth-order valence-corrected chi connectivity index (χ4v) is 3.40. The van der Waals surface area contributed by atoms with Crippen LogP contribution >= 0.6 is 7.60 Å². The van der Waals surface area contributed by atoms with Gasteiger partial charge in [0.1, 0.15) is 18.3 Å². The van der Waals surface area contributed by atoms with Crippen molar-refractivity contribution in [3.63, 3.8) is 0 Å². The summed E-state index contributed by atoms with van der Waals surface area (Å²) in [7, 11) is -4.98. The maximum atomic E-state index is 12.2. The van der Waals surface area contributed by atoms with E-state index in [0.29, 0.717) is 0 Å². The number of carbonyl (C=O) groups excluding carboxylic acids is 1. The summed E-state index contributed by atoms with van der Waals surface area (Å²) in [4.78, 5) is 36.3. The first-order valence-electron chi connectivity index (χ1n) is 6.56. The van der Waals surface area contributed by atoms with Gasteiger partial charge in [-0.15, -0.1) is 0 Å². The number of hydrogen-bond donors (Lipinski definition) is 5. The average molecular weight is 363 g/mol. The van der Waals surface area contributed by atoms with Gasteiger partial charge in [0, 0.05) is 6.20 Å². The maximum Gasteiger partial charge on any atom is 0.410 e. The number of carbonyl (C=O) groups is 2. The van der Waals surface area contributed by atoms with Crippen molar-refractivity contribution in [1.82, 2.24) is 4.98 Å². The van der Waals surface area contributed by atoms with Gasteiger partial charge in [-0.05, 0) is 12.1 Å². The maximum absolute atomic E-state index is 12.2. The molecule has 5 N–H and O–H groups in total. The Bertz CT molecular complexity index is 694. The van der Waals surface area contributed by atoms with E-state index >= 15 is 0 Å². The van der Waals surface area contributed by atoms with Crippen LogP contribution < -0.4 is 0 Å². The minimum atomic E-state index is -4.98. The van der Waals surface area contributed by atoms with E-state index in [1.165, 1.54) is 6.07 Å². The van der Waals surface area contributed by atoms with Crippen LogP contribution in [0, 0.1) is 0 Å². The number of pyridine rings is 1. The largest absolute Gasteiger partial charge is 0.478 e. The van der Waals surface area contributed by atoms with Gasteiger partial charge in [0.2, 0.25) is 0 Å². The zero-order valence-electron chi connectivity index (χ0n) is 11.9. The highest BCUT2D eigenvalue weighted by Crippen LogP contribution is 2.53. The molecule has 0 radical (unpaired) electrons. The minimum absolute atomic E-state index is 0.552. The number of aliphatic hydroxyl groups is 3. The van der Waals surface area contributed by atoms with Crippen molar-refractivity contribution in [2.75, 3.05) is 6.61 Å². The van der Waals surface area contributed by atoms with Crippen molar-refractivity contribution < 1.29 is 48.7 Å². The van der Waals surface area contributed by atoms with E-state index in [4.69, 9.17) is 14.9 Å². The molecule has 0 bridgehead atoms. The van der Waals surface area contributed by atoms with Crippen molar-refractivity contribution in [3.05, 3.63) is 29.6 Å². The molecule has 1 aliphatic rings. The lowest BCUT2D eigenvalue weighted by Crippen LogP contribution is -2.34. The summed E-state index contributed by atoms with van der Waals surface area (Å²) in [5, 5.41) is 37.2. The topological polar surface area (TPSA) is 184 Å². The van der Waals surface area contributed by atoms with Crippen molar-refractivity contribution in [2.45, 2.75) is 24.2 Å². The van der Waals surface area contributed by atoms with E-state index in [1.54, 1.807) is 0 Å². The van der Waals surface area contributed by atoms with Crippen molar-refractivity contribution in [3.8, 4) is 0 Å². The van der Waals surface area contributed by atoms with E-state index in [1.807, 2.05) is 0 Å². The van der Waals surface area contributed by atoms with Crippen LogP contribution in [0.5, 0.6) is 0 Å². The molecular weight excluding hydrogens is 349 g/mol. The molecule has 1 saturated heterocycles. The van der Waals surface area contributed by atoms with Crippen LogP contribution in [0.1, 0.15) is 20.8 Å². The molecule has 0 aromatic carbocycles. The van der Waals surface area contributed by atoms with Crippen LogP contribution in [0.25, 0.3) is 0 Å². The molecule has 0 aliphatic carbocycles. The second-order valence-electron chi connectivity index (χ2n) is 4.88. The lowest BCUT2D eigenvalue weighted by Gasteiger charge is -2.20. The van der Waals surface area contributed by atoms with Gasteiger partial charge in [-0.25, -0.2) is 19.1 Å². The number of carboxylic acids is 1. The molecule has 1 aromatic rings. The quantitative estimate of drug-likeness (QED) is 0.386. The van der Waals surface area contributed by atoms with Gasteiger partial charge in [0.15, 0.2) is 11.5 Å². The summed E-state index contributed by atoms with van der Waals surface area (Å²) >= 11 is 0. The van der Waals surface area contributed by atoms with Crippen molar-refractivity contribution in [1.29, 1.82) is 0 Å². The molecular formula is C12H14NO10P. The van der Waals surface area contributed by atoms with Gasteiger partial charge in [-0.1, -0.05) is 0 Å². The van der Waals surface area contributed by atoms with E-state index in [-0.39, 0.29) is 0 Å². The van der Waals surface area contributed by atoms with Gasteiger partial charge in [-0.3, -0.25) is 0 Å². The zero-order chi connectivity index (χ0) is 18.1. The van der Waals surface area contributed by atoms with Crippen LogP contribution in [0.3, 0.4) is 0 Å². The summed E-state index contributed by atoms with van der Waals surface area (Å²) < 4.78 is 21.4. The molecule has 0 saturated carbocycles. The molecule has 132 valence electrons. The smallest absolute Gasteiger partial charge is 0.410 e. The highest BCUT2D eigenvalue weighted by atomic mass is 31.2. The van der Waals surface area contributed by atoms with E-state index < -0.39 is 61.6 Å². The molecule has 1 fully saturated rings. The van der Waals surface area contributed by atoms with Crippen molar-refractivity contribution >= 4 is 19.5 Å². The first-order chi connectivity index (χ1) is 11.2. The number of hydrogen-bond acceptors (Lipinski definition) is 9. The number of aromatic carboxylic acids is 1. The molecule has 2 rings (SSSR count). The summed E-state index contributed by atoms with van der Waals surface area (Å²) in [6, 6.07) is 2.28. The van der Waals surface area contributed by atoms with Gasteiger partial charge >= 0.3 is 19.5 Å². The highest BCUT2D eigenvalue weighted by Gasteiger charge is 2.53. The second-order valence-corrected chi connectivity index (χ2v) is 6.70. The third-order valence-corrected chi connectivity index (χ3v) is 4.78. The predicted molar refractivity (Wildman–Crippen MR) is 74.2 cm³/mol. The van der Waals surface area contributed by atoms with Crippen LogP contribution in [0.4, 0.5) is 0 Å². The predicted octanol–water partition coefficient (Wildman–Crippen LogP) is -1.44. The van der Waals surface area contributed by atoms with E-state index in [2.05, 4.69) is 9.51 Å². The van der Waals surface area contributed by atoms with Crippen LogP contribution in [0.15, 0.2) is 18.3 Å². The monoisotopic (exact) mass is 363 g/mol. The second kappa shape index (κ2) is 6.93. The fraction of sp³-hybridized carbons (Fsp3) is 0.417. The first kappa shape index (κ1) is 18.5. The number of carboxylic acid groups (broad SMARTS) is 1. The summed E-state index contributed by atoms with van der Waals surface area (Å²) in [6.07, 6.45) is -3.82. The van der Waals surface area contributed by atoms with Gasteiger partial charge < -0.3 is 34.6 Å². The highest BCUT2D eigenvalue weighted by molar-refractivity contribution is 7.54. The Hall–Kier alpha value is -1.88. The molecule has 12 heteroatoms. The summed E-state index contributed by atoms with van der Waals surface area (Å²) in [6.45, 7) is -0.744. The average Bonchev–Trinajstić information content (AvgIpc) is 2.83. The zero-order valence-corrected chi connectivity index (χ0v) is 12.8. The minimum Gasteiger partial charge on any atom is -0.478 e. The van der Waals surface area contributed by atoms with E-state index in [9.17, 15) is 29.3 Å². The molecule has 0 amide bonds. The molecule has 1 aliphatic heterocycles. The molecule has 5 atom stereocenters.